The van der Waals surface area contributed by atoms with Crippen molar-refractivity contribution in [3.8, 4) is 11.8 Å². The SMILES string of the molecule is N#CCC(=O)N1CCC(C2=CB(O)Oc3cnc4[nH]ccc4c32)CC1. The van der Waals surface area contributed by atoms with Gasteiger partial charge in [-0.2, -0.15) is 5.26 Å². The van der Waals surface area contributed by atoms with Crippen molar-refractivity contribution in [3.63, 3.8) is 0 Å². The molecular formula is C17H17BN4O3. The van der Waals surface area contributed by atoms with Crippen molar-refractivity contribution < 1.29 is 14.5 Å². The first-order valence-electron chi connectivity index (χ1n) is 8.35. The second-order valence-corrected chi connectivity index (χ2v) is 6.36. The molecule has 0 aromatic carbocycles. The van der Waals surface area contributed by atoms with Crippen molar-refractivity contribution in [3.05, 3.63) is 30.0 Å². The van der Waals surface area contributed by atoms with E-state index >= 15 is 0 Å². The molecule has 2 aliphatic heterocycles. The zero-order valence-electron chi connectivity index (χ0n) is 13.6. The van der Waals surface area contributed by atoms with Crippen LogP contribution in [0.15, 0.2) is 24.4 Å². The maximum Gasteiger partial charge on any atom is 0.552 e. The van der Waals surface area contributed by atoms with Crippen LogP contribution in [0.3, 0.4) is 0 Å². The first kappa shape index (κ1) is 15.7. The molecule has 0 spiro atoms. The molecule has 0 unspecified atom stereocenters. The molecule has 0 aliphatic carbocycles. The molecule has 1 amide bonds. The molecule has 4 rings (SSSR count). The summed E-state index contributed by atoms with van der Waals surface area (Å²) in [7, 11) is -0.987. The van der Waals surface area contributed by atoms with E-state index in [1.165, 1.54) is 0 Å². The van der Waals surface area contributed by atoms with E-state index in [2.05, 4.69) is 9.97 Å². The maximum atomic E-state index is 11.9. The molecule has 0 radical (unpaired) electrons. The van der Waals surface area contributed by atoms with E-state index < -0.39 is 7.12 Å². The summed E-state index contributed by atoms with van der Waals surface area (Å²) in [5.74, 6) is 2.45. The van der Waals surface area contributed by atoms with Gasteiger partial charge in [0, 0.05) is 30.2 Å². The van der Waals surface area contributed by atoms with Crippen LogP contribution in [0.2, 0.25) is 0 Å². The highest BCUT2D eigenvalue weighted by atomic mass is 16.5. The van der Waals surface area contributed by atoms with Gasteiger partial charge in [0.2, 0.25) is 5.91 Å². The Hall–Kier alpha value is -2.79. The molecule has 2 aromatic heterocycles. The molecule has 0 saturated carbocycles. The number of rotatable bonds is 2. The number of amides is 1. The number of nitriles is 1. The third-order valence-corrected chi connectivity index (χ3v) is 4.93. The number of fused-ring (bicyclic) bond motifs is 3. The number of carbonyl (C=O) groups is 1. The third kappa shape index (κ3) is 2.77. The average molecular weight is 336 g/mol. The van der Waals surface area contributed by atoms with Gasteiger partial charge in [0.1, 0.15) is 17.8 Å². The highest BCUT2D eigenvalue weighted by molar-refractivity contribution is 6.52. The highest BCUT2D eigenvalue weighted by Gasteiger charge is 2.33. The van der Waals surface area contributed by atoms with E-state index in [-0.39, 0.29) is 18.2 Å². The smallest absolute Gasteiger partial charge is 0.531 e. The summed E-state index contributed by atoms with van der Waals surface area (Å²) in [5.41, 5.74) is 2.80. The minimum Gasteiger partial charge on any atom is -0.531 e. The molecule has 2 aliphatic rings. The van der Waals surface area contributed by atoms with Gasteiger partial charge in [-0.15, -0.1) is 0 Å². The minimum atomic E-state index is -0.987. The highest BCUT2D eigenvalue weighted by Crippen LogP contribution is 2.42. The number of likely N-dealkylation sites (tertiary alicyclic amines) is 1. The van der Waals surface area contributed by atoms with Crippen molar-refractivity contribution in [2.45, 2.75) is 19.3 Å². The molecule has 25 heavy (non-hydrogen) atoms. The van der Waals surface area contributed by atoms with Crippen molar-refractivity contribution in [2.75, 3.05) is 13.1 Å². The lowest BCUT2D eigenvalue weighted by molar-refractivity contribution is -0.131. The van der Waals surface area contributed by atoms with Gasteiger partial charge >= 0.3 is 7.12 Å². The van der Waals surface area contributed by atoms with Crippen LogP contribution < -0.4 is 4.65 Å². The van der Waals surface area contributed by atoms with Crippen LogP contribution in [0.5, 0.6) is 5.75 Å². The second kappa shape index (κ2) is 6.26. The van der Waals surface area contributed by atoms with Crippen molar-refractivity contribution in [2.24, 2.45) is 5.92 Å². The number of nitrogens with zero attached hydrogens (tertiary/aromatic N) is 3. The van der Waals surface area contributed by atoms with Crippen LogP contribution in [-0.4, -0.2) is 46.0 Å². The number of piperidine rings is 1. The molecule has 4 heterocycles. The van der Waals surface area contributed by atoms with Crippen LogP contribution in [-0.2, 0) is 4.79 Å². The first-order chi connectivity index (χ1) is 12.2. The summed E-state index contributed by atoms with van der Waals surface area (Å²) >= 11 is 0. The maximum absolute atomic E-state index is 11.9. The Morgan fingerprint density at radius 1 is 1.52 bits per heavy atom. The fourth-order valence-electron chi connectivity index (χ4n) is 3.74. The Bertz CT molecular complexity index is 893. The monoisotopic (exact) mass is 336 g/mol. The summed E-state index contributed by atoms with van der Waals surface area (Å²) in [6.07, 6.45) is 4.99. The molecular weight excluding hydrogens is 319 g/mol. The lowest BCUT2D eigenvalue weighted by Crippen LogP contribution is -2.39. The lowest BCUT2D eigenvalue weighted by Gasteiger charge is -2.34. The third-order valence-electron chi connectivity index (χ3n) is 4.93. The predicted octanol–water partition coefficient (Wildman–Crippen LogP) is 1.51. The van der Waals surface area contributed by atoms with Crippen molar-refractivity contribution in [1.82, 2.24) is 14.9 Å². The van der Waals surface area contributed by atoms with Crippen LogP contribution in [0.4, 0.5) is 0 Å². The van der Waals surface area contributed by atoms with Gasteiger partial charge in [-0.1, -0.05) is 0 Å². The average Bonchev–Trinajstić information content (AvgIpc) is 3.10. The van der Waals surface area contributed by atoms with Crippen LogP contribution in [0, 0.1) is 17.2 Å². The minimum absolute atomic E-state index is 0.0710. The van der Waals surface area contributed by atoms with E-state index in [0.717, 1.165) is 35.0 Å². The topological polar surface area (TPSA) is 102 Å². The number of hydrogen-bond donors (Lipinski definition) is 2. The molecule has 1 fully saturated rings. The zero-order valence-corrected chi connectivity index (χ0v) is 13.6. The van der Waals surface area contributed by atoms with E-state index in [9.17, 15) is 9.82 Å². The molecule has 8 heteroatoms. The molecule has 2 N–H and O–H groups in total. The lowest BCUT2D eigenvalue weighted by atomic mass is 9.74. The number of carbonyl (C=O) groups excluding carboxylic acids is 1. The number of hydrogen-bond acceptors (Lipinski definition) is 5. The summed E-state index contributed by atoms with van der Waals surface area (Å²) in [4.78, 5) is 21.1. The van der Waals surface area contributed by atoms with Crippen LogP contribution in [0.1, 0.15) is 24.8 Å². The summed E-state index contributed by atoms with van der Waals surface area (Å²) < 4.78 is 5.52. The van der Waals surface area contributed by atoms with Crippen LogP contribution in [0.25, 0.3) is 16.6 Å². The van der Waals surface area contributed by atoms with Gasteiger partial charge in [0.15, 0.2) is 0 Å². The first-order valence-corrected chi connectivity index (χ1v) is 8.35. The quantitative estimate of drug-likeness (QED) is 0.810. The Morgan fingerprint density at radius 2 is 2.32 bits per heavy atom. The standard InChI is InChI=1S/C17H17BN4O3/c19-5-1-15(23)22-7-3-11(4-8-22)13-9-18(24)25-14-10-21-17-12(16(13)14)2-6-20-17/h2,6,9-11,24H,1,3-4,7-8H2,(H,20,21). The number of pyridine rings is 1. The fourth-order valence-corrected chi connectivity index (χ4v) is 3.74. The second-order valence-electron chi connectivity index (χ2n) is 6.36. The summed E-state index contributed by atoms with van der Waals surface area (Å²) in [6.45, 7) is 1.24. The largest absolute Gasteiger partial charge is 0.552 e. The van der Waals surface area contributed by atoms with Gasteiger partial charge in [-0.3, -0.25) is 4.79 Å². The molecule has 0 bridgehead atoms. The van der Waals surface area contributed by atoms with Gasteiger partial charge in [-0.25, -0.2) is 4.98 Å². The molecule has 0 atom stereocenters. The number of aromatic nitrogens is 2. The Balaban J connectivity index is 1.62. The summed E-state index contributed by atoms with van der Waals surface area (Å²) in [6, 6.07) is 3.87. The van der Waals surface area contributed by atoms with Gasteiger partial charge in [0.05, 0.1) is 12.3 Å². The van der Waals surface area contributed by atoms with Crippen LogP contribution >= 0.6 is 0 Å². The van der Waals surface area contributed by atoms with E-state index in [0.29, 0.717) is 18.8 Å². The molecule has 126 valence electrons. The number of nitrogens with one attached hydrogen (secondary N) is 1. The van der Waals surface area contributed by atoms with Crippen molar-refractivity contribution in [1.29, 1.82) is 5.26 Å². The summed E-state index contributed by atoms with van der Waals surface area (Å²) in [5, 5.41) is 19.7. The predicted molar refractivity (Wildman–Crippen MR) is 92.2 cm³/mol. The van der Waals surface area contributed by atoms with Gasteiger partial charge < -0.3 is 19.6 Å². The number of H-pyrrole nitrogens is 1. The Morgan fingerprint density at radius 3 is 3.08 bits per heavy atom. The van der Waals surface area contributed by atoms with Gasteiger partial charge in [0.25, 0.3) is 0 Å². The number of aromatic amines is 1. The van der Waals surface area contributed by atoms with Gasteiger partial charge in [-0.05, 0) is 36.4 Å². The van der Waals surface area contributed by atoms with Crippen molar-refractivity contribution >= 4 is 29.6 Å². The van der Waals surface area contributed by atoms with E-state index in [4.69, 9.17) is 9.92 Å². The molecule has 2 aromatic rings. The zero-order chi connectivity index (χ0) is 17.4. The fraction of sp³-hybridized carbons (Fsp3) is 0.353. The number of allylic oxidation sites excluding steroid dienone is 1. The molecule has 1 saturated heterocycles. The Kier molecular flexibility index (Phi) is 3.94. The van der Waals surface area contributed by atoms with E-state index in [1.807, 2.05) is 18.3 Å². The van der Waals surface area contributed by atoms with E-state index in [1.54, 1.807) is 17.1 Å². The Labute approximate surface area is 145 Å². The molecule has 7 nitrogen and oxygen atoms in total. The normalized spacial score (nSPS) is 17.7.